The van der Waals surface area contributed by atoms with E-state index in [-0.39, 0.29) is 12.3 Å². The largest absolute Gasteiger partial charge is 0.481 e. The molecule has 0 aromatic heterocycles. The number of nitriles is 1. The highest BCUT2D eigenvalue weighted by molar-refractivity contribution is 5.66. The number of nitrogens with zero attached hydrogens (tertiary/aromatic N) is 1. The summed E-state index contributed by atoms with van der Waals surface area (Å²) in [4.78, 5) is 10.3. The fraction of sp³-hybridized carbons (Fsp3) is 0.846. The summed E-state index contributed by atoms with van der Waals surface area (Å²) in [6.45, 7) is 2.14. The van der Waals surface area contributed by atoms with Crippen LogP contribution in [-0.4, -0.2) is 11.1 Å². The van der Waals surface area contributed by atoms with Gasteiger partial charge in [-0.1, -0.05) is 39.0 Å². The van der Waals surface area contributed by atoms with E-state index in [4.69, 9.17) is 10.4 Å². The van der Waals surface area contributed by atoms with E-state index in [1.165, 1.54) is 0 Å². The lowest BCUT2D eigenvalue weighted by molar-refractivity contribution is -0.137. The van der Waals surface area contributed by atoms with Gasteiger partial charge in [0.2, 0.25) is 0 Å². The van der Waals surface area contributed by atoms with Crippen LogP contribution in [0, 0.1) is 17.2 Å². The van der Waals surface area contributed by atoms with Crippen LogP contribution in [-0.2, 0) is 4.79 Å². The highest BCUT2D eigenvalue weighted by atomic mass is 16.4. The molecule has 16 heavy (non-hydrogen) atoms. The van der Waals surface area contributed by atoms with Crippen molar-refractivity contribution in [3.05, 3.63) is 0 Å². The Labute approximate surface area is 98.5 Å². The van der Waals surface area contributed by atoms with E-state index in [2.05, 4.69) is 13.0 Å². The molecule has 0 aliphatic rings. The molecular formula is C13H23NO2. The summed E-state index contributed by atoms with van der Waals surface area (Å²) in [7, 11) is 0. The minimum Gasteiger partial charge on any atom is -0.481 e. The molecule has 92 valence electrons. The normalized spacial score (nSPS) is 12.0. The molecule has 0 aliphatic heterocycles. The number of hydrogen-bond acceptors (Lipinski definition) is 2. The molecule has 0 bridgehead atoms. The number of carbonyl (C=O) groups is 1. The van der Waals surface area contributed by atoms with Crippen molar-refractivity contribution < 1.29 is 9.90 Å². The summed E-state index contributed by atoms with van der Waals surface area (Å²) in [6, 6.07) is 2.35. The van der Waals surface area contributed by atoms with Gasteiger partial charge in [-0.2, -0.15) is 5.26 Å². The zero-order valence-electron chi connectivity index (χ0n) is 10.2. The summed E-state index contributed by atoms with van der Waals surface area (Å²) in [6.07, 6.45) is 8.40. The van der Waals surface area contributed by atoms with Gasteiger partial charge in [0.15, 0.2) is 0 Å². The molecule has 0 fully saturated rings. The third kappa shape index (κ3) is 9.51. The molecule has 0 spiro atoms. The van der Waals surface area contributed by atoms with Crippen LogP contribution in [0.15, 0.2) is 0 Å². The second kappa shape index (κ2) is 10.5. The van der Waals surface area contributed by atoms with Crippen molar-refractivity contribution >= 4 is 5.97 Å². The number of aliphatic carboxylic acids is 1. The number of carboxylic acids is 1. The molecule has 1 atom stereocenters. The van der Waals surface area contributed by atoms with Crippen molar-refractivity contribution in [1.29, 1.82) is 5.26 Å². The first-order chi connectivity index (χ1) is 7.70. The number of carboxylic acid groups (broad SMARTS) is 1. The Hall–Kier alpha value is -1.04. The molecule has 1 unspecified atom stereocenters. The predicted molar refractivity (Wildman–Crippen MR) is 64.0 cm³/mol. The summed E-state index contributed by atoms with van der Waals surface area (Å²) >= 11 is 0. The molecule has 0 saturated carbocycles. The summed E-state index contributed by atoms with van der Waals surface area (Å²) in [5.74, 6) is -0.503. The Balaban J connectivity index is 3.35. The van der Waals surface area contributed by atoms with Crippen molar-refractivity contribution in [2.75, 3.05) is 0 Å². The molecule has 1 N–H and O–H groups in total. The lowest BCUT2D eigenvalue weighted by atomic mass is 9.96. The Kier molecular flexibility index (Phi) is 9.80. The second-order valence-corrected chi connectivity index (χ2v) is 4.31. The van der Waals surface area contributed by atoms with E-state index >= 15 is 0 Å². The molecule has 3 heteroatoms. The van der Waals surface area contributed by atoms with E-state index < -0.39 is 5.97 Å². The van der Waals surface area contributed by atoms with Gasteiger partial charge in [0.05, 0.1) is 6.07 Å². The van der Waals surface area contributed by atoms with Crippen LogP contribution in [0.5, 0.6) is 0 Å². The molecular weight excluding hydrogens is 202 g/mol. The third-order valence-electron chi connectivity index (χ3n) is 2.78. The average molecular weight is 225 g/mol. The highest BCUT2D eigenvalue weighted by Gasteiger charge is 2.06. The number of hydrogen-bond donors (Lipinski definition) is 1. The van der Waals surface area contributed by atoms with Crippen LogP contribution in [0.4, 0.5) is 0 Å². The van der Waals surface area contributed by atoms with E-state index in [0.717, 1.165) is 51.4 Å². The van der Waals surface area contributed by atoms with Crippen molar-refractivity contribution in [2.45, 2.75) is 64.7 Å². The van der Waals surface area contributed by atoms with E-state index in [1.807, 2.05) is 0 Å². The molecule has 3 nitrogen and oxygen atoms in total. The van der Waals surface area contributed by atoms with Gasteiger partial charge in [-0.15, -0.1) is 0 Å². The van der Waals surface area contributed by atoms with E-state index in [9.17, 15) is 4.79 Å². The van der Waals surface area contributed by atoms with Crippen LogP contribution >= 0.6 is 0 Å². The van der Waals surface area contributed by atoms with Crippen molar-refractivity contribution in [3.8, 4) is 6.07 Å². The highest BCUT2D eigenvalue weighted by Crippen LogP contribution is 2.16. The molecule has 0 saturated heterocycles. The van der Waals surface area contributed by atoms with Gasteiger partial charge in [-0.3, -0.25) is 4.79 Å². The van der Waals surface area contributed by atoms with Crippen LogP contribution in [0.25, 0.3) is 0 Å². The summed E-state index contributed by atoms with van der Waals surface area (Å²) in [5, 5.41) is 17.4. The fourth-order valence-corrected chi connectivity index (χ4v) is 1.74. The number of rotatable bonds is 10. The molecule has 0 amide bonds. The van der Waals surface area contributed by atoms with Crippen LogP contribution in [0.2, 0.25) is 0 Å². The Morgan fingerprint density at radius 2 is 1.81 bits per heavy atom. The smallest absolute Gasteiger partial charge is 0.303 e. The molecule has 0 radical (unpaired) electrons. The molecule has 0 aromatic rings. The summed E-state index contributed by atoms with van der Waals surface area (Å²) in [5.41, 5.74) is 0. The first-order valence-electron chi connectivity index (χ1n) is 6.32. The number of unbranched alkanes of at least 4 members (excludes halogenated alkanes) is 4. The van der Waals surface area contributed by atoms with Gasteiger partial charge < -0.3 is 5.11 Å². The maximum atomic E-state index is 10.3. The summed E-state index contributed by atoms with van der Waals surface area (Å²) < 4.78 is 0. The zero-order chi connectivity index (χ0) is 12.2. The zero-order valence-corrected chi connectivity index (χ0v) is 10.2. The first-order valence-corrected chi connectivity index (χ1v) is 6.32. The maximum absolute atomic E-state index is 10.3. The quantitative estimate of drug-likeness (QED) is 0.576. The minimum absolute atomic E-state index is 0.208. The maximum Gasteiger partial charge on any atom is 0.303 e. The lowest BCUT2D eigenvalue weighted by Gasteiger charge is -2.07. The minimum atomic E-state index is -0.710. The second-order valence-electron chi connectivity index (χ2n) is 4.31. The standard InChI is InChI=1S/C13H23NO2/c1-2-3-8-12(11-14)9-6-4-5-7-10-13(15)16/h12H,2-10H2,1H3,(H,15,16). The van der Waals surface area contributed by atoms with Gasteiger partial charge in [0.1, 0.15) is 0 Å². The van der Waals surface area contributed by atoms with Crippen LogP contribution in [0.3, 0.4) is 0 Å². The van der Waals surface area contributed by atoms with Crippen molar-refractivity contribution in [1.82, 2.24) is 0 Å². The van der Waals surface area contributed by atoms with E-state index in [0.29, 0.717) is 0 Å². The third-order valence-corrected chi connectivity index (χ3v) is 2.78. The molecule has 0 rings (SSSR count). The van der Waals surface area contributed by atoms with Gasteiger partial charge in [-0.25, -0.2) is 0 Å². The predicted octanol–water partition coefficient (Wildman–Crippen LogP) is 3.74. The van der Waals surface area contributed by atoms with E-state index in [1.54, 1.807) is 0 Å². The van der Waals surface area contributed by atoms with Crippen molar-refractivity contribution in [3.63, 3.8) is 0 Å². The molecule has 0 aliphatic carbocycles. The molecule has 0 aromatic carbocycles. The molecule has 0 heterocycles. The van der Waals surface area contributed by atoms with Gasteiger partial charge in [0, 0.05) is 12.3 Å². The monoisotopic (exact) mass is 225 g/mol. The average Bonchev–Trinajstić information content (AvgIpc) is 2.26. The first kappa shape index (κ1) is 15.0. The Morgan fingerprint density at radius 1 is 1.19 bits per heavy atom. The van der Waals surface area contributed by atoms with Crippen molar-refractivity contribution in [2.24, 2.45) is 5.92 Å². The Morgan fingerprint density at radius 3 is 2.38 bits per heavy atom. The van der Waals surface area contributed by atoms with Crippen LogP contribution < -0.4 is 0 Å². The van der Waals surface area contributed by atoms with Gasteiger partial charge in [-0.05, 0) is 19.3 Å². The Bertz CT molecular complexity index is 220. The topological polar surface area (TPSA) is 61.1 Å². The fourth-order valence-electron chi connectivity index (χ4n) is 1.74. The lowest BCUT2D eigenvalue weighted by Crippen LogP contribution is -1.97. The van der Waals surface area contributed by atoms with Crippen LogP contribution in [0.1, 0.15) is 64.7 Å². The van der Waals surface area contributed by atoms with Gasteiger partial charge >= 0.3 is 5.97 Å². The SMILES string of the molecule is CCCCC(C#N)CCCCCCC(=O)O. The van der Waals surface area contributed by atoms with Gasteiger partial charge in [0.25, 0.3) is 0 Å².